The Morgan fingerprint density at radius 3 is 2.52 bits per heavy atom. The lowest BCUT2D eigenvalue weighted by Gasteiger charge is -2.08. The van der Waals surface area contributed by atoms with Crippen LogP contribution in [-0.4, -0.2) is 12.6 Å². The number of benzene rings is 2. The Balaban J connectivity index is 1.90. The lowest BCUT2D eigenvalue weighted by Crippen LogP contribution is -2.03. The Hall–Kier alpha value is -2.27. The number of anilines is 1. The molecule has 0 aliphatic heterocycles. The minimum atomic E-state index is -1.01. The van der Waals surface area contributed by atoms with Crippen molar-refractivity contribution in [3.63, 3.8) is 0 Å². The average molecular weight is 310 g/mol. The predicted molar refractivity (Wildman–Crippen MR) is 78.0 cm³/mol. The van der Waals surface area contributed by atoms with Gasteiger partial charge in [0, 0.05) is 16.6 Å². The third-order valence-electron chi connectivity index (χ3n) is 2.86. The van der Waals surface area contributed by atoms with Crippen LogP contribution in [0.25, 0.3) is 0 Å². The molecular weight excluding hydrogens is 297 g/mol. The largest absolute Gasteiger partial charge is 0.492 e. The molecule has 0 fully saturated rings. The number of hydrogen-bond donors (Lipinski definition) is 1. The first kappa shape index (κ1) is 15.1. The first-order valence-electron chi connectivity index (χ1n) is 6.20. The third kappa shape index (κ3) is 4.10. The molecule has 0 spiro atoms. The van der Waals surface area contributed by atoms with Gasteiger partial charge in [-0.1, -0.05) is 23.7 Å². The van der Waals surface area contributed by atoms with Crippen molar-refractivity contribution >= 4 is 23.3 Å². The molecule has 0 amide bonds. The molecule has 0 radical (unpaired) electrons. The van der Waals surface area contributed by atoms with E-state index in [1.165, 1.54) is 12.1 Å². The standard InChI is InChI=1S/C15H13ClFNO3/c16-13-9-12(18)5-6-14(13)20-8-7-10-1-3-11(4-2-10)15(19)21-17/h1-6,9H,7-8,18H2. The first-order chi connectivity index (χ1) is 10.1. The van der Waals surface area contributed by atoms with Crippen LogP contribution in [-0.2, 0) is 11.4 Å². The molecule has 2 aromatic carbocycles. The fraction of sp³-hybridized carbons (Fsp3) is 0.133. The topological polar surface area (TPSA) is 61.5 Å². The lowest BCUT2D eigenvalue weighted by atomic mass is 10.1. The molecule has 0 bridgehead atoms. The summed E-state index contributed by atoms with van der Waals surface area (Å²) in [7, 11) is 0. The van der Waals surface area contributed by atoms with Crippen LogP contribution < -0.4 is 10.5 Å². The molecule has 2 rings (SSSR count). The number of ether oxygens (including phenoxy) is 1. The number of rotatable bonds is 5. The van der Waals surface area contributed by atoms with Gasteiger partial charge >= 0.3 is 5.97 Å². The van der Waals surface area contributed by atoms with Crippen LogP contribution in [0.15, 0.2) is 42.5 Å². The molecule has 0 aliphatic rings. The molecular formula is C15H13ClFNO3. The van der Waals surface area contributed by atoms with Crippen LogP contribution >= 0.6 is 11.6 Å². The quantitative estimate of drug-likeness (QED) is 0.857. The van der Waals surface area contributed by atoms with Gasteiger partial charge in [-0.25, -0.2) is 9.74 Å². The molecule has 0 saturated carbocycles. The number of carbonyl (C=O) groups excluding carboxylic acids is 1. The summed E-state index contributed by atoms with van der Waals surface area (Å²) in [5.74, 6) is -0.449. The van der Waals surface area contributed by atoms with Gasteiger partial charge in [0.2, 0.25) is 0 Å². The normalized spacial score (nSPS) is 10.2. The van der Waals surface area contributed by atoms with Crippen LogP contribution in [0.4, 0.5) is 10.2 Å². The second-order valence-electron chi connectivity index (χ2n) is 4.35. The second-order valence-corrected chi connectivity index (χ2v) is 4.76. The van der Waals surface area contributed by atoms with E-state index in [1.54, 1.807) is 30.3 Å². The van der Waals surface area contributed by atoms with Gasteiger partial charge in [-0.05, 0) is 35.9 Å². The second kappa shape index (κ2) is 6.95. The molecule has 0 atom stereocenters. The Bertz CT molecular complexity index is 631. The summed E-state index contributed by atoms with van der Waals surface area (Å²) in [6.45, 7) is 0.413. The highest BCUT2D eigenvalue weighted by molar-refractivity contribution is 6.32. The van der Waals surface area contributed by atoms with Gasteiger partial charge in [0.05, 0.1) is 17.2 Å². The van der Waals surface area contributed by atoms with Gasteiger partial charge in [0.25, 0.3) is 0 Å². The number of halogens is 2. The molecule has 4 nitrogen and oxygen atoms in total. The summed E-state index contributed by atoms with van der Waals surface area (Å²) in [4.78, 5) is 14.1. The minimum absolute atomic E-state index is 0.156. The SMILES string of the molecule is Nc1ccc(OCCc2ccc(C(=O)OF)cc2)c(Cl)c1. The van der Waals surface area contributed by atoms with E-state index < -0.39 is 5.97 Å². The maximum Gasteiger partial charge on any atom is 0.379 e. The maximum absolute atomic E-state index is 11.7. The van der Waals surface area contributed by atoms with Crippen molar-refractivity contribution < 1.29 is 19.0 Å². The van der Waals surface area contributed by atoms with Crippen LogP contribution in [0.5, 0.6) is 5.75 Å². The van der Waals surface area contributed by atoms with Crippen molar-refractivity contribution in [2.24, 2.45) is 0 Å². The van der Waals surface area contributed by atoms with E-state index in [0.717, 1.165) is 5.56 Å². The van der Waals surface area contributed by atoms with Gasteiger partial charge in [-0.3, -0.25) is 0 Å². The maximum atomic E-state index is 11.7. The smallest absolute Gasteiger partial charge is 0.379 e. The third-order valence-corrected chi connectivity index (χ3v) is 3.16. The molecule has 21 heavy (non-hydrogen) atoms. The summed E-state index contributed by atoms with van der Waals surface area (Å²) >= 11 is 5.99. The number of nitrogen functional groups attached to an aromatic ring is 1. The molecule has 2 aromatic rings. The molecule has 2 N–H and O–H groups in total. The van der Waals surface area contributed by atoms with Gasteiger partial charge in [-0.2, -0.15) is 0 Å². The minimum Gasteiger partial charge on any atom is -0.492 e. The highest BCUT2D eigenvalue weighted by atomic mass is 35.5. The Labute approximate surface area is 126 Å². The van der Waals surface area contributed by atoms with Crippen molar-refractivity contribution in [2.75, 3.05) is 12.3 Å². The molecule has 0 saturated heterocycles. The average Bonchev–Trinajstić information content (AvgIpc) is 2.49. The zero-order valence-electron chi connectivity index (χ0n) is 11.0. The van der Waals surface area contributed by atoms with Crippen LogP contribution in [0.3, 0.4) is 0 Å². The summed E-state index contributed by atoms with van der Waals surface area (Å²) < 4.78 is 17.3. The van der Waals surface area contributed by atoms with E-state index in [1.807, 2.05) is 0 Å². The van der Waals surface area contributed by atoms with Gasteiger partial charge < -0.3 is 10.5 Å². The predicted octanol–water partition coefficient (Wildman–Crippen LogP) is 3.59. The van der Waals surface area contributed by atoms with E-state index in [2.05, 4.69) is 4.94 Å². The highest BCUT2D eigenvalue weighted by Crippen LogP contribution is 2.26. The summed E-state index contributed by atoms with van der Waals surface area (Å²) in [5, 5.41) is 0.455. The molecule has 110 valence electrons. The first-order valence-corrected chi connectivity index (χ1v) is 6.57. The van der Waals surface area contributed by atoms with Crippen molar-refractivity contribution in [1.82, 2.24) is 0 Å². The number of carbonyl (C=O) groups is 1. The van der Waals surface area contributed by atoms with Crippen molar-refractivity contribution in [2.45, 2.75) is 6.42 Å². The van der Waals surface area contributed by atoms with Gasteiger partial charge in [0.1, 0.15) is 5.75 Å². The van der Waals surface area contributed by atoms with Crippen molar-refractivity contribution in [3.05, 3.63) is 58.6 Å². The highest BCUT2D eigenvalue weighted by Gasteiger charge is 2.07. The van der Waals surface area contributed by atoms with E-state index in [-0.39, 0.29) is 5.56 Å². The van der Waals surface area contributed by atoms with E-state index in [0.29, 0.717) is 29.5 Å². The zero-order valence-corrected chi connectivity index (χ0v) is 11.8. The summed E-state index contributed by atoms with van der Waals surface area (Å²) in [6.07, 6.45) is 0.617. The summed E-state index contributed by atoms with van der Waals surface area (Å²) in [6, 6.07) is 11.4. The molecule has 6 heteroatoms. The van der Waals surface area contributed by atoms with Gasteiger partial charge in [0.15, 0.2) is 0 Å². The van der Waals surface area contributed by atoms with E-state index in [9.17, 15) is 9.32 Å². The number of nitrogens with two attached hydrogens (primary N) is 1. The molecule has 0 heterocycles. The molecule has 0 aromatic heterocycles. The van der Waals surface area contributed by atoms with Crippen LogP contribution in [0.1, 0.15) is 15.9 Å². The van der Waals surface area contributed by atoms with Crippen molar-refractivity contribution in [3.8, 4) is 5.75 Å². The fourth-order valence-corrected chi connectivity index (χ4v) is 2.01. The van der Waals surface area contributed by atoms with Crippen molar-refractivity contribution in [1.29, 1.82) is 0 Å². The van der Waals surface area contributed by atoms with Gasteiger partial charge in [-0.15, -0.1) is 0 Å². The van der Waals surface area contributed by atoms with Crippen LogP contribution in [0.2, 0.25) is 5.02 Å². The Kier molecular flexibility index (Phi) is 5.00. The molecule has 0 aliphatic carbocycles. The van der Waals surface area contributed by atoms with E-state index in [4.69, 9.17) is 22.1 Å². The summed E-state index contributed by atoms with van der Waals surface area (Å²) in [5.41, 5.74) is 7.26. The Morgan fingerprint density at radius 2 is 1.90 bits per heavy atom. The lowest BCUT2D eigenvalue weighted by molar-refractivity contribution is -0.0788. The fourth-order valence-electron chi connectivity index (χ4n) is 1.77. The van der Waals surface area contributed by atoms with E-state index >= 15 is 0 Å². The van der Waals surface area contributed by atoms with Crippen LogP contribution in [0, 0.1) is 0 Å². The number of hydrogen-bond acceptors (Lipinski definition) is 4. The Morgan fingerprint density at radius 1 is 1.19 bits per heavy atom. The monoisotopic (exact) mass is 309 g/mol. The molecule has 0 unspecified atom stereocenters. The zero-order chi connectivity index (χ0) is 15.2.